The Morgan fingerprint density at radius 1 is 0.783 bits per heavy atom. The van der Waals surface area contributed by atoms with Gasteiger partial charge in [-0.25, -0.2) is 22.6 Å². The first kappa shape index (κ1) is 16.3. The van der Waals surface area contributed by atoms with Crippen molar-refractivity contribution in [1.82, 2.24) is 0 Å². The fourth-order valence-electron chi connectivity index (χ4n) is 1.69. The molecule has 0 heterocycles. The second kappa shape index (κ2) is 6.77. The number of anilines is 1. The average Bonchev–Trinajstić information content (AvgIpc) is 2.34. The van der Waals surface area contributed by atoms with Crippen LogP contribution >= 0.6 is 0 Å². The third-order valence-corrected chi connectivity index (χ3v) is 2.46. The third-order valence-electron chi connectivity index (χ3n) is 2.46. The lowest BCUT2D eigenvalue weighted by molar-refractivity contribution is 0.583. The van der Waals surface area contributed by atoms with E-state index in [2.05, 4.69) is 15.3 Å². The first-order chi connectivity index (χ1) is 10.8. The van der Waals surface area contributed by atoms with Gasteiger partial charge in [0, 0.05) is 17.8 Å². The molecule has 2 aromatic rings. The van der Waals surface area contributed by atoms with E-state index in [1.54, 1.807) is 0 Å². The van der Waals surface area contributed by atoms with Crippen molar-refractivity contribution in [2.24, 2.45) is 21.5 Å². The monoisotopic (exact) mass is 325 g/mol. The summed E-state index contributed by atoms with van der Waals surface area (Å²) in [5.74, 6) is -4.00. The fourth-order valence-corrected chi connectivity index (χ4v) is 1.69. The van der Waals surface area contributed by atoms with Gasteiger partial charge in [-0.2, -0.15) is 4.99 Å². The van der Waals surface area contributed by atoms with E-state index in [0.717, 1.165) is 24.3 Å². The molecule has 0 amide bonds. The van der Waals surface area contributed by atoms with Gasteiger partial charge in [-0.1, -0.05) is 0 Å². The molecule has 0 saturated heterocycles. The van der Waals surface area contributed by atoms with Gasteiger partial charge >= 0.3 is 0 Å². The second-order valence-electron chi connectivity index (χ2n) is 4.38. The molecule has 0 radical (unpaired) electrons. The SMILES string of the molecule is NC(=Nc1cc(F)cc(F)c1)/N=C(\N)Nc1cc(F)cc(F)c1. The second-order valence-corrected chi connectivity index (χ2v) is 4.38. The van der Waals surface area contributed by atoms with E-state index in [4.69, 9.17) is 11.5 Å². The van der Waals surface area contributed by atoms with Gasteiger partial charge in [0.25, 0.3) is 0 Å². The first-order valence-corrected chi connectivity index (χ1v) is 6.19. The Morgan fingerprint density at radius 2 is 1.26 bits per heavy atom. The van der Waals surface area contributed by atoms with Crippen LogP contribution in [-0.2, 0) is 0 Å². The van der Waals surface area contributed by atoms with E-state index in [9.17, 15) is 17.6 Å². The van der Waals surface area contributed by atoms with Gasteiger partial charge < -0.3 is 16.8 Å². The molecule has 23 heavy (non-hydrogen) atoms. The molecule has 0 fully saturated rings. The molecule has 0 aliphatic heterocycles. The van der Waals surface area contributed by atoms with Crippen LogP contribution in [0.15, 0.2) is 46.4 Å². The van der Waals surface area contributed by atoms with Crippen LogP contribution in [0.2, 0.25) is 0 Å². The van der Waals surface area contributed by atoms with E-state index < -0.39 is 29.2 Å². The summed E-state index contributed by atoms with van der Waals surface area (Å²) in [6.07, 6.45) is 0. The number of halogens is 4. The first-order valence-electron chi connectivity index (χ1n) is 6.19. The molecule has 0 aliphatic carbocycles. The van der Waals surface area contributed by atoms with Gasteiger partial charge in [-0.3, -0.25) is 0 Å². The van der Waals surface area contributed by atoms with Crippen molar-refractivity contribution in [3.05, 3.63) is 59.7 Å². The Kier molecular flexibility index (Phi) is 4.79. The van der Waals surface area contributed by atoms with Crippen LogP contribution < -0.4 is 16.8 Å². The fraction of sp³-hybridized carbons (Fsp3) is 0. The minimum Gasteiger partial charge on any atom is -0.369 e. The van der Waals surface area contributed by atoms with Crippen molar-refractivity contribution in [1.29, 1.82) is 0 Å². The number of hydrogen-bond donors (Lipinski definition) is 3. The van der Waals surface area contributed by atoms with Crippen LogP contribution in [-0.4, -0.2) is 11.9 Å². The van der Waals surface area contributed by atoms with E-state index in [1.165, 1.54) is 0 Å². The van der Waals surface area contributed by atoms with Crippen LogP contribution in [0.1, 0.15) is 0 Å². The molecular weight excluding hydrogens is 314 g/mol. The molecule has 9 heteroatoms. The lowest BCUT2D eigenvalue weighted by Crippen LogP contribution is -2.26. The molecule has 2 aromatic carbocycles. The standard InChI is InChI=1S/C14H11F4N5/c15-7-1-8(16)4-11(3-7)21-13(19)23-14(20)22-12-5-9(17)2-10(18)6-12/h1-6H,(H5,19,20,21,22,23). The summed E-state index contributed by atoms with van der Waals surface area (Å²) in [7, 11) is 0. The molecule has 0 bridgehead atoms. The number of nitrogens with one attached hydrogen (secondary N) is 1. The smallest absolute Gasteiger partial charge is 0.223 e. The molecule has 0 spiro atoms. The Bertz CT molecular complexity index is 748. The van der Waals surface area contributed by atoms with Crippen LogP contribution in [0.5, 0.6) is 0 Å². The van der Waals surface area contributed by atoms with Crippen molar-refractivity contribution in [2.75, 3.05) is 5.32 Å². The number of nitrogens with two attached hydrogens (primary N) is 2. The maximum Gasteiger partial charge on any atom is 0.223 e. The topological polar surface area (TPSA) is 88.8 Å². The summed E-state index contributed by atoms with van der Waals surface area (Å²) in [5, 5.41) is 2.40. The zero-order chi connectivity index (χ0) is 17.0. The molecule has 5 nitrogen and oxygen atoms in total. The Balaban J connectivity index is 2.17. The largest absolute Gasteiger partial charge is 0.369 e. The van der Waals surface area contributed by atoms with Crippen molar-refractivity contribution in [3.63, 3.8) is 0 Å². The van der Waals surface area contributed by atoms with Gasteiger partial charge in [-0.15, -0.1) is 0 Å². The van der Waals surface area contributed by atoms with Gasteiger partial charge in [0.15, 0.2) is 0 Å². The summed E-state index contributed by atoms with van der Waals surface area (Å²) in [6.45, 7) is 0. The number of aliphatic imine (C=N–C) groups is 2. The highest BCUT2D eigenvalue weighted by molar-refractivity contribution is 6.01. The van der Waals surface area contributed by atoms with Crippen molar-refractivity contribution in [3.8, 4) is 0 Å². The predicted molar refractivity (Wildman–Crippen MR) is 79.2 cm³/mol. The zero-order valence-corrected chi connectivity index (χ0v) is 11.5. The summed E-state index contributed by atoms with van der Waals surface area (Å²) in [5.41, 5.74) is 10.9. The molecule has 0 atom stereocenters. The highest BCUT2D eigenvalue weighted by atomic mass is 19.1. The third kappa shape index (κ3) is 4.99. The van der Waals surface area contributed by atoms with E-state index in [-0.39, 0.29) is 17.3 Å². The summed E-state index contributed by atoms with van der Waals surface area (Å²) >= 11 is 0. The molecule has 0 aromatic heterocycles. The summed E-state index contributed by atoms with van der Waals surface area (Å²) in [6, 6.07) is 5.22. The Morgan fingerprint density at radius 3 is 1.78 bits per heavy atom. The van der Waals surface area contributed by atoms with Gasteiger partial charge in [0.1, 0.15) is 23.3 Å². The van der Waals surface area contributed by atoms with Gasteiger partial charge in [0.05, 0.1) is 5.69 Å². The van der Waals surface area contributed by atoms with E-state index >= 15 is 0 Å². The predicted octanol–water partition coefficient (Wildman–Crippen LogP) is 2.62. The minimum absolute atomic E-state index is 0.00773. The highest BCUT2D eigenvalue weighted by Crippen LogP contribution is 2.16. The minimum atomic E-state index is -0.832. The lowest BCUT2D eigenvalue weighted by atomic mass is 10.3. The molecule has 2 rings (SSSR count). The molecule has 0 unspecified atom stereocenters. The average molecular weight is 325 g/mol. The molecule has 5 N–H and O–H groups in total. The Hall–Kier alpha value is -3.10. The molecular formula is C14H11F4N5. The summed E-state index contributed by atoms with van der Waals surface area (Å²) < 4.78 is 52.1. The quantitative estimate of drug-likeness (QED) is 0.450. The van der Waals surface area contributed by atoms with E-state index in [1.807, 2.05) is 0 Å². The Labute approximate surface area is 128 Å². The lowest BCUT2D eigenvalue weighted by Gasteiger charge is -2.05. The molecule has 0 saturated carbocycles. The van der Waals surface area contributed by atoms with Crippen LogP contribution in [0.4, 0.5) is 28.9 Å². The maximum absolute atomic E-state index is 13.0. The number of guanidine groups is 2. The van der Waals surface area contributed by atoms with Gasteiger partial charge in [-0.05, 0) is 24.3 Å². The van der Waals surface area contributed by atoms with Crippen molar-refractivity contribution >= 4 is 23.3 Å². The number of nitrogens with zero attached hydrogens (tertiary/aromatic N) is 2. The van der Waals surface area contributed by atoms with Crippen molar-refractivity contribution in [2.45, 2.75) is 0 Å². The van der Waals surface area contributed by atoms with Gasteiger partial charge in [0.2, 0.25) is 11.9 Å². The number of hydrogen-bond acceptors (Lipinski definition) is 1. The maximum atomic E-state index is 13.0. The van der Waals surface area contributed by atoms with Crippen LogP contribution in [0.3, 0.4) is 0 Å². The zero-order valence-electron chi connectivity index (χ0n) is 11.5. The summed E-state index contributed by atoms with van der Waals surface area (Å²) in [4.78, 5) is 7.26. The van der Waals surface area contributed by atoms with Crippen LogP contribution in [0, 0.1) is 23.3 Å². The normalized spacial score (nSPS) is 12.3. The number of benzene rings is 2. The van der Waals surface area contributed by atoms with Crippen LogP contribution in [0.25, 0.3) is 0 Å². The van der Waals surface area contributed by atoms with Crippen molar-refractivity contribution < 1.29 is 17.6 Å². The molecule has 120 valence electrons. The van der Waals surface area contributed by atoms with E-state index in [0.29, 0.717) is 12.1 Å². The molecule has 0 aliphatic rings. The highest BCUT2D eigenvalue weighted by Gasteiger charge is 2.03. The number of rotatable bonds is 2.